The number of amides is 1. The molecule has 0 aromatic carbocycles. The van der Waals surface area contributed by atoms with E-state index >= 15 is 0 Å². The summed E-state index contributed by atoms with van der Waals surface area (Å²) < 4.78 is 0. The van der Waals surface area contributed by atoms with Gasteiger partial charge in [-0.15, -0.1) is 0 Å². The van der Waals surface area contributed by atoms with E-state index < -0.39 is 11.5 Å². The van der Waals surface area contributed by atoms with Gasteiger partial charge < -0.3 is 15.7 Å². The first kappa shape index (κ1) is 13.8. The molecule has 1 atom stereocenters. The van der Waals surface area contributed by atoms with Crippen LogP contribution in [0.2, 0.25) is 0 Å². The van der Waals surface area contributed by atoms with Gasteiger partial charge in [-0.25, -0.2) is 9.78 Å². The smallest absolute Gasteiger partial charge is 0.329 e. The first-order valence-electron chi connectivity index (χ1n) is 6.14. The van der Waals surface area contributed by atoms with E-state index in [0.717, 1.165) is 24.2 Å². The summed E-state index contributed by atoms with van der Waals surface area (Å²) in [5, 5.41) is 9.74. The molecule has 1 aromatic rings. The van der Waals surface area contributed by atoms with E-state index in [0.29, 0.717) is 28.7 Å². The number of likely N-dealkylation sites (tertiary alicyclic amines) is 1. The van der Waals surface area contributed by atoms with E-state index in [4.69, 9.17) is 5.73 Å². The van der Waals surface area contributed by atoms with E-state index in [2.05, 4.69) is 4.98 Å². The summed E-state index contributed by atoms with van der Waals surface area (Å²) in [5.41, 5.74) is 5.02. The number of aliphatic carboxylic acids is 1. The van der Waals surface area contributed by atoms with Crippen LogP contribution in [0.3, 0.4) is 0 Å². The molecular weight excluding hydrogens is 266 g/mol. The minimum Gasteiger partial charge on any atom is -0.480 e. The van der Waals surface area contributed by atoms with Gasteiger partial charge in [0.2, 0.25) is 0 Å². The number of piperidine rings is 1. The Morgan fingerprint density at radius 1 is 1.47 bits per heavy atom. The number of hydrogen-bond donors (Lipinski definition) is 2. The third-order valence-electron chi connectivity index (χ3n) is 3.60. The molecular formula is C12H17N3O3S. The highest BCUT2D eigenvalue weighted by molar-refractivity contribution is 7.17. The van der Waals surface area contributed by atoms with Crippen molar-refractivity contribution in [3.05, 3.63) is 10.6 Å². The Bertz CT molecular complexity index is 528. The van der Waals surface area contributed by atoms with Crippen molar-refractivity contribution in [2.24, 2.45) is 0 Å². The predicted octanol–water partition coefficient (Wildman–Crippen LogP) is 1.50. The second kappa shape index (κ2) is 4.80. The van der Waals surface area contributed by atoms with Crippen LogP contribution in [0.4, 0.5) is 5.13 Å². The summed E-state index contributed by atoms with van der Waals surface area (Å²) in [6, 6.07) is 0. The van der Waals surface area contributed by atoms with Crippen LogP contribution in [-0.2, 0) is 4.79 Å². The number of carbonyl (C=O) groups excluding carboxylic acids is 1. The number of carboxylic acids is 1. The number of nitrogens with zero attached hydrogens (tertiary/aromatic N) is 2. The van der Waals surface area contributed by atoms with Gasteiger partial charge in [0, 0.05) is 6.54 Å². The molecule has 1 aromatic heterocycles. The number of carboxylic acid groups (broad SMARTS) is 1. The Morgan fingerprint density at radius 3 is 2.68 bits per heavy atom. The normalized spacial score (nSPS) is 23.4. The van der Waals surface area contributed by atoms with Crippen molar-refractivity contribution >= 4 is 28.3 Å². The van der Waals surface area contributed by atoms with Crippen molar-refractivity contribution in [1.29, 1.82) is 0 Å². The molecule has 7 heteroatoms. The largest absolute Gasteiger partial charge is 0.480 e. The van der Waals surface area contributed by atoms with E-state index in [9.17, 15) is 14.7 Å². The number of aryl methyl sites for hydroxylation is 1. The molecule has 2 heterocycles. The molecule has 0 radical (unpaired) electrons. The third-order valence-corrected chi connectivity index (χ3v) is 4.58. The number of carbonyl (C=O) groups is 2. The second-order valence-corrected chi connectivity index (χ2v) is 5.99. The van der Waals surface area contributed by atoms with Crippen molar-refractivity contribution in [2.45, 2.75) is 38.6 Å². The Morgan fingerprint density at radius 2 is 2.16 bits per heavy atom. The average Bonchev–Trinajstić information content (AvgIpc) is 2.68. The number of hydrogen-bond acceptors (Lipinski definition) is 5. The van der Waals surface area contributed by atoms with Gasteiger partial charge in [0.1, 0.15) is 10.4 Å². The zero-order valence-electron chi connectivity index (χ0n) is 11.0. The predicted molar refractivity (Wildman–Crippen MR) is 72.2 cm³/mol. The number of rotatable bonds is 2. The minimum atomic E-state index is -1.14. The topological polar surface area (TPSA) is 96.5 Å². The summed E-state index contributed by atoms with van der Waals surface area (Å²) in [6.07, 6.45) is 2.11. The Kier molecular flexibility index (Phi) is 3.49. The standard InChI is InChI=1S/C12H17N3O3S/c1-7-8(19-11(13)14-7)9(16)15-6-4-3-5-12(15,2)10(17)18/h3-6H2,1-2H3,(H2,13,14)(H,17,18). The zero-order chi connectivity index (χ0) is 14.2. The summed E-state index contributed by atoms with van der Waals surface area (Å²) in [7, 11) is 0. The van der Waals surface area contributed by atoms with E-state index in [-0.39, 0.29) is 5.91 Å². The van der Waals surface area contributed by atoms with E-state index in [1.165, 1.54) is 4.90 Å². The number of aromatic nitrogens is 1. The molecule has 0 bridgehead atoms. The van der Waals surface area contributed by atoms with E-state index in [1.807, 2.05) is 0 Å². The van der Waals surface area contributed by atoms with Crippen molar-refractivity contribution in [3.8, 4) is 0 Å². The van der Waals surface area contributed by atoms with E-state index in [1.54, 1.807) is 13.8 Å². The Balaban J connectivity index is 2.36. The molecule has 19 heavy (non-hydrogen) atoms. The number of thiazole rings is 1. The van der Waals surface area contributed by atoms with Gasteiger partial charge in [-0.2, -0.15) is 0 Å². The molecule has 1 amide bonds. The SMILES string of the molecule is Cc1nc(N)sc1C(=O)N1CCCCC1(C)C(=O)O. The fraction of sp³-hybridized carbons (Fsp3) is 0.583. The van der Waals surface area contributed by atoms with Gasteiger partial charge in [0.05, 0.1) is 5.69 Å². The Hall–Kier alpha value is -1.63. The van der Waals surface area contributed by atoms with Gasteiger partial charge in [-0.1, -0.05) is 11.3 Å². The molecule has 104 valence electrons. The van der Waals surface area contributed by atoms with Crippen LogP contribution in [0, 0.1) is 6.92 Å². The summed E-state index contributed by atoms with van der Waals surface area (Å²) >= 11 is 1.11. The number of nitrogen functional groups attached to an aromatic ring is 1. The zero-order valence-corrected chi connectivity index (χ0v) is 11.8. The molecule has 1 unspecified atom stereocenters. The Labute approximate surface area is 115 Å². The average molecular weight is 283 g/mol. The number of nitrogens with two attached hydrogens (primary N) is 1. The maximum atomic E-state index is 12.5. The molecule has 3 N–H and O–H groups in total. The maximum absolute atomic E-state index is 12.5. The first-order chi connectivity index (χ1) is 8.86. The van der Waals surface area contributed by atoms with Crippen LogP contribution < -0.4 is 5.73 Å². The van der Waals surface area contributed by atoms with Crippen LogP contribution in [0.15, 0.2) is 0 Å². The summed E-state index contributed by atoms with van der Waals surface area (Å²) in [6.45, 7) is 3.77. The minimum absolute atomic E-state index is 0.281. The molecule has 0 saturated carbocycles. The molecule has 1 fully saturated rings. The lowest BCUT2D eigenvalue weighted by Crippen LogP contribution is -2.57. The second-order valence-electron chi connectivity index (χ2n) is 4.96. The van der Waals surface area contributed by atoms with Crippen molar-refractivity contribution in [2.75, 3.05) is 12.3 Å². The fourth-order valence-electron chi connectivity index (χ4n) is 2.41. The van der Waals surface area contributed by atoms with Gasteiger partial charge in [-0.05, 0) is 33.1 Å². The van der Waals surface area contributed by atoms with Gasteiger partial charge in [0.25, 0.3) is 5.91 Å². The first-order valence-corrected chi connectivity index (χ1v) is 6.96. The monoisotopic (exact) mass is 283 g/mol. The lowest BCUT2D eigenvalue weighted by atomic mass is 9.88. The van der Waals surface area contributed by atoms with Crippen LogP contribution in [-0.4, -0.2) is 39.0 Å². The highest BCUT2D eigenvalue weighted by Crippen LogP contribution is 2.32. The summed E-state index contributed by atoms with van der Waals surface area (Å²) in [5.74, 6) is -1.24. The summed E-state index contributed by atoms with van der Waals surface area (Å²) in [4.78, 5) is 29.9. The van der Waals surface area contributed by atoms with Gasteiger partial charge in [0.15, 0.2) is 5.13 Å². The van der Waals surface area contributed by atoms with Crippen molar-refractivity contribution in [1.82, 2.24) is 9.88 Å². The van der Waals surface area contributed by atoms with Crippen molar-refractivity contribution < 1.29 is 14.7 Å². The van der Waals surface area contributed by atoms with Crippen LogP contribution in [0.1, 0.15) is 41.6 Å². The van der Waals surface area contributed by atoms with Gasteiger partial charge in [-0.3, -0.25) is 4.79 Å². The maximum Gasteiger partial charge on any atom is 0.329 e. The quantitative estimate of drug-likeness (QED) is 0.857. The number of anilines is 1. The lowest BCUT2D eigenvalue weighted by molar-refractivity contribution is -0.150. The molecule has 0 spiro atoms. The highest BCUT2D eigenvalue weighted by Gasteiger charge is 2.44. The highest BCUT2D eigenvalue weighted by atomic mass is 32.1. The van der Waals surface area contributed by atoms with Crippen LogP contribution in [0.5, 0.6) is 0 Å². The lowest BCUT2D eigenvalue weighted by Gasteiger charge is -2.41. The fourth-order valence-corrected chi connectivity index (χ4v) is 3.19. The molecule has 1 saturated heterocycles. The van der Waals surface area contributed by atoms with Crippen molar-refractivity contribution in [3.63, 3.8) is 0 Å². The molecule has 6 nitrogen and oxygen atoms in total. The van der Waals surface area contributed by atoms with Gasteiger partial charge >= 0.3 is 5.97 Å². The molecule has 0 aliphatic carbocycles. The van der Waals surface area contributed by atoms with Crippen LogP contribution in [0.25, 0.3) is 0 Å². The third kappa shape index (κ3) is 2.30. The molecule has 2 rings (SSSR count). The van der Waals surface area contributed by atoms with Crippen LogP contribution >= 0.6 is 11.3 Å². The molecule has 1 aliphatic rings. The molecule has 1 aliphatic heterocycles.